The molecule has 3 rings (SSSR count). The van der Waals surface area contributed by atoms with Crippen molar-refractivity contribution in [2.75, 3.05) is 39.8 Å². The van der Waals surface area contributed by atoms with Crippen molar-refractivity contribution < 1.29 is 12.9 Å². The van der Waals surface area contributed by atoms with Crippen LogP contribution in [0, 0.1) is 11.8 Å². The second kappa shape index (κ2) is 8.67. The normalized spacial score (nSPS) is 24.7. The molecule has 142 valence electrons. The molecule has 0 bridgehead atoms. The molecule has 1 saturated carbocycles. The number of hydrogen-bond donors (Lipinski definition) is 1. The summed E-state index contributed by atoms with van der Waals surface area (Å²) in [5, 5.41) is 7.09. The summed E-state index contributed by atoms with van der Waals surface area (Å²) in [5.74, 6) is 2.29. The Kier molecular flexibility index (Phi) is 7.09. The molecule has 1 aromatic heterocycles. The van der Waals surface area contributed by atoms with Gasteiger partial charge in [0.25, 0.3) is 0 Å². The van der Waals surface area contributed by atoms with Crippen molar-refractivity contribution in [1.82, 2.24) is 19.7 Å². The summed E-state index contributed by atoms with van der Waals surface area (Å²) < 4.78 is 31.1. The van der Waals surface area contributed by atoms with Crippen molar-refractivity contribution in [3.05, 3.63) is 18.0 Å². The maximum absolute atomic E-state index is 12.4. The van der Waals surface area contributed by atoms with Crippen molar-refractivity contribution >= 4 is 40.0 Å². The van der Waals surface area contributed by atoms with E-state index in [2.05, 4.69) is 27.3 Å². The number of sulfonamides is 1. The van der Waals surface area contributed by atoms with Crippen molar-refractivity contribution in [1.29, 1.82) is 0 Å². The van der Waals surface area contributed by atoms with E-state index in [9.17, 15) is 8.42 Å². The van der Waals surface area contributed by atoms with Gasteiger partial charge in [-0.25, -0.2) is 8.42 Å². The lowest BCUT2D eigenvalue weighted by molar-refractivity contribution is 0.259. The molecule has 1 saturated heterocycles. The van der Waals surface area contributed by atoms with Gasteiger partial charge in [-0.1, -0.05) is 12.1 Å². The van der Waals surface area contributed by atoms with E-state index < -0.39 is 10.0 Å². The number of aromatic nitrogens is 1. The lowest BCUT2D eigenvalue weighted by Gasteiger charge is -2.35. The Morgan fingerprint density at radius 1 is 1.40 bits per heavy atom. The topological polar surface area (TPSA) is 91.0 Å². The van der Waals surface area contributed by atoms with Gasteiger partial charge in [0.15, 0.2) is 5.96 Å². The Morgan fingerprint density at radius 3 is 2.60 bits per heavy atom. The highest BCUT2D eigenvalue weighted by Gasteiger charge is 2.33. The fourth-order valence-electron chi connectivity index (χ4n) is 3.01. The molecule has 0 aromatic carbocycles. The van der Waals surface area contributed by atoms with Crippen molar-refractivity contribution in [3.8, 4) is 0 Å². The molecular formula is C15H26IN5O3S. The Bertz CT molecular complexity index is 671. The zero-order chi connectivity index (χ0) is 17.2. The monoisotopic (exact) mass is 483 g/mol. The van der Waals surface area contributed by atoms with Gasteiger partial charge in [0.2, 0.25) is 10.0 Å². The fourth-order valence-corrected chi connectivity index (χ4v) is 4.43. The average molecular weight is 483 g/mol. The summed E-state index contributed by atoms with van der Waals surface area (Å²) in [6.45, 7) is 5.39. The molecule has 10 heteroatoms. The van der Waals surface area contributed by atoms with Crippen LogP contribution in [-0.4, -0.2) is 68.5 Å². The molecule has 25 heavy (non-hydrogen) atoms. The van der Waals surface area contributed by atoms with E-state index in [4.69, 9.17) is 4.52 Å². The molecule has 0 radical (unpaired) electrons. The number of rotatable bonds is 5. The Labute approximate surface area is 166 Å². The van der Waals surface area contributed by atoms with Gasteiger partial charge in [-0.3, -0.25) is 4.99 Å². The lowest BCUT2D eigenvalue weighted by atomic mass is 10.3. The van der Waals surface area contributed by atoms with Crippen molar-refractivity contribution in [2.24, 2.45) is 16.8 Å². The SMILES string of the molecule is CN=C(NCC1CC1C)N1CCN(S(=O)(=O)Cc2ccon2)CC1.I. The van der Waals surface area contributed by atoms with Gasteiger partial charge < -0.3 is 14.7 Å². The van der Waals surface area contributed by atoms with Gasteiger partial charge in [0.1, 0.15) is 12.0 Å². The van der Waals surface area contributed by atoms with Crippen LogP contribution in [-0.2, 0) is 15.8 Å². The predicted molar refractivity (Wildman–Crippen MR) is 106 cm³/mol. The van der Waals surface area contributed by atoms with Gasteiger partial charge >= 0.3 is 0 Å². The van der Waals surface area contributed by atoms with E-state index in [1.165, 1.54) is 17.0 Å². The number of piperazine rings is 1. The van der Waals surface area contributed by atoms with Crippen LogP contribution in [0.15, 0.2) is 21.8 Å². The molecule has 1 aromatic rings. The van der Waals surface area contributed by atoms with E-state index in [0.717, 1.165) is 24.3 Å². The average Bonchev–Trinajstić information content (AvgIpc) is 3.04. The highest BCUT2D eigenvalue weighted by molar-refractivity contribution is 14.0. The molecule has 1 aliphatic heterocycles. The third-order valence-corrected chi connectivity index (χ3v) is 6.58. The van der Waals surface area contributed by atoms with E-state index in [-0.39, 0.29) is 29.7 Å². The molecular weight excluding hydrogens is 457 g/mol. The predicted octanol–water partition coefficient (Wildman–Crippen LogP) is 0.971. The molecule has 2 fully saturated rings. The second-order valence-corrected chi connectivity index (χ2v) is 8.50. The molecule has 1 N–H and O–H groups in total. The van der Waals surface area contributed by atoms with Crippen LogP contribution in [0.25, 0.3) is 0 Å². The molecule has 8 nitrogen and oxygen atoms in total. The third-order valence-electron chi connectivity index (χ3n) is 4.76. The first-order valence-electron chi connectivity index (χ1n) is 8.32. The maximum atomic E-state index is 12.4. The quantitative estimate of drug-likeness (QED) is 0.382. The number of halogens is 1. The van der Waals surface area contributed by atoms with Crippen LogP contribution >= 0.6 is 24.0 Å². The number of hydrogen-bond acceptors (Lipinski definition) is 5. The van der Waals surface area contributed by atoms with Crippen LogP contribution in [0.4, 0.5) is 0 Å². The second-order valence-electron chi connectivity index (χ2n) is 6.53. The van der Waals surface area contributed by atoms with Crippen LogP contribution in [0.2, 0.25) is 0 Å². The minimum atomic E-state index is -3.36. The number of nitrogens with one attached hydrogen (secondary N) is 1. The Hall–Kier alpha value is -0.880. The molecule has 0 spiro atoms. The molecule has 2 atom stereocenters. The van der Waals surface area contributed by atoms with E-state index in [0.29, 0.717) is 31.9 Å². The number of guanidine groups is 1. The van der Waals surface area contributed by atoms with E-state index in [1.807, 2.05) is 0 Å². The van der Waals surface area contributed by atoms with Gasteiger partial charge in [0, 0.05) is 45.8 Å². The fraction of sp³-hybridized carbons (Fsp3) is 0.733. The maximum Gasteiger partial charge on any atom is 0.220 e. The van der Waals surface area contributed by atoms with Crippen LogP contribution in [0.5, 0.6) is 0 Å². The first-order valence-corrected chi connectivity index (χ1v) is 9.93. The first-order chi connectivity index (χ1) is 11.5. The van der Waals surface area contributed by atoms with Crippen LogP contribution in [0.3, 0.4) is 0 Å². The molecule has 2 unspecified atom stereocenters. The first kappa shape index (κ1) is 20.4. The highest BCUT2D eigenvalue weighted by atomic mass is 127. The van der Waals surface area contributed by atoms with Crippen LogP contribution in [0.1, 0.15) is 19.0 Å². The third kappa shape index (κ3) is 5.30. The molecule has 2 heterocycles. The largest absolute Gasteiger partial charge is 0.364 e. The minimum absolute atomic E-state index is 0. The Balaban J connectivity index is 0.00000225. The summed E-state index contributed by atoms with van der Waals surface area (Å²) in [5.41, 5.74) is 0.438. The van der Waals surface area contributed by atoms with Gasteiger partial charge in [-0.15, -0.1) is 24.0 Å². The molecule has 1 aliphatic carbocycles. The van der Waals surface area contributed by atoms with E-state index in [1.54, 1.807) is 13.1 Å². The molecule has 2 aliphatic rings. The lowest BCUT2D eigenvalue weighted by Crippen LogP contribution is -2.54. The zero-order valence-corrected chi connectivity index (χ0v) is 17.7. The van der Waals surface area contributed by atoms with Crippen LogP contribution < -0.4 is 5.32 Å². The summed E-state index contributed by atoms with van der Waals surface area (Å²) in [4.78, 5) is 6.45. The zero-order valence-electron chi connectivity index (χ0n) is 14.6. The summed E-state index contributed by atoms with van der Waals surface area (Å²) in [6, 6.07) is 1.58. The van der Waals surface area contributed by atoms with E-state index >= 15 is 0 Å². The van der Waals surface area contributed by atoms with Gasteiger partial charge in [0.05, 0.1) is 5.69 Å². The van der Waals surface area contributed by atoms with Crippen molar-refractivity contribution in [3.63, 3.8) is 0 Å². The smallest absolute Gasteiger partial charge is 0.220 e. The standard InChI is InChI=1S/C15H25N5O3S.HI/c1-12-9-13(12)10-17-15(16-2)19-4-6-20(7-5-19)24(21,22)11-14-3-8-23-18-14;/h3,8,12-13H,4-7,9-11H2,1-2H3,(H,16,17);1H. The number of nitrogens with zero attached hydrogens (tertiary/aromatic N) is 4. The minimum Gasteiger partial charge on any atom is -0.364 e. The van der Waals surface area contributed by atoms with Gasteiger partial charge in [-0.2, -0.15) is 4.31 Å². The highest BCUT2D eigenvalue weighted by Crippen LogP contribution is 2.36. The summed E-state index contributed by atoms with van der Waals surface area (Å²) in [6.07, 6.45) is 2.66. The van der Waals surface area contributed by atoms with Gasteiger partial charge in [-0.05, 0) is 18.3 Å². The number of aliphatic imine (C=N–C) groups is 1. The van der Waals surface area contributed by atoms with Crippen molar-refractivity contribution in [2.45, 2.75) is 19.1 Å². The Morgan fingerprint density at radius 2 is 2.08 bits per heavy atom. The summed E-state index contributed by atoms with van der Waals surface area (Å²) in [7, 11) is -1.59. The summed E-state index contributed by atoms with van der Waals surface area (Å²) >= 11 is 0. The molecule has 0 amide bonds.